The molecule has 1 aromatic heterocycles. The molecule has 2 heterocycles. The summed E-state index contributed by atoms with van der Waals surface area (Å²) in [5.41, 5.74) is 0.862. The van der Waals surface area contributed by atoms with Gasteiger partial charge in [0.15, 0.2) is 0 Å². The number of thiophene rings is 1. The zero-order valence-corrected chi connectivity index (χ0v) is 15.0. The molecule has 0 bridgehead atoms. The van der Waals surface area contributed by atoms with Gasteiger partial charge in [-0.2, -0.15) is 4.31 Å². The summed E-state index contributed by atoms with van der Waals surface area (Å²) in [6.07, 6.45) is 0.555. The molecule has 124 valence electrons. The third-order valence-corrected chi connectivity index (χ3v) is 7.15. The molecule has 0 radical (unpaired) electrons. The molecule has 1 atom stereocenters. The van der Waals surface area contributed by atoms with Crippen LogP contribution in [0.3, 0.4) is 0 Å². The van der Waals surface area contributed by atoms with E-state index in [2.05, 4.69) is 5.32 Å². The van der Waals surface area contributed by atoms with E-state index in [0.29, 0.717) is 31.1 Å². The number of rotatable bonds is 5. The molecule has 0 saturated carbocycles. The maximum atomic E-state index is 12.8. The summed E-state index contributed by atoms with van der Waals surface area (Å²) in [4.78, 5) is 1.10. The molecule has 1 aliphatic heterocycles. The number of benzene rings is 1. The van der Waals surface area contributed by atoms with Crippen molar-refractivity contribution < 1.29 is 8.42 Å². The topological polar surface area (TPSA) is 49.4 Å². The van der Waals surface area contributed by atoms with Crippen molar-refractivity contribution in [3.8, 4) is 0 Å². The van der Waals surface area contributed by atoms with Gasteiger partial charge in [-0.15, -0.1) is 11.3 Å². The molecular formula is C16H19ClN2O2S2. The molecule has 1 N–H and O–H groups in total. The number of nitrogens with one attached hydrogen (secondary N) is 1. The number of aryl methyl sites for hydroxylation is 1. The highest BCUT2D eigenvalue weighted by atomic mass is 35.5. The van der Waals surface area contributed by atoms with Gasteiger partial charge in [-0.05, 0) is 29.5 Å². The number of hydrogen-bond acceptors (Lipinski definition) is 4. The smallest absolute Gasteiger partial charge is 0.215 e. The summed E-state index contributed by atoms with van der Waals surface area (Å²) in [6, 6.07) is 11.1. The molecule has 1 unspecified atom stereocenters. The van der Waals surface area contributed by atoms with Crippen LogP contribution in [0.5, 0.6) is 0 Å². The van der Waals surface area contributed by atoms with Crippen molar-refractivity contribution in [2.45, 2.75) is 12.5 Å². The standard InChI is InChI=1S/C16H19ClN2O2S2/c17-15-6-2-1-5-14(15)16-12-18-8-9-19(16)23(20,21)11-7-13-4-3-10-22-13/h1-6,10,16,18H,7-9,11-12H2. The number of hydrogen-bond donors (Lipinski definition) is 1. The Bertz CT molecular complexity index is 747. The molecular weight excluding hydrogens is 352 g/mol. The van der Waals surface area contributed by atoms with Crippen molar-refractivity contribution in [1.29, 1.82) is 0 Å². The van der Waals surface area contributed by atoms with E-state index in [1.807, 2.05) is 41.8 Å². The maximum absolute atomic E-state index is 12.8. The summed E-state index contributed by atoms with van der Waals surface area (Å²) in [5, 5.41) is 5.85. The summed E-state index contributed by atoms with van der Waals surface area (Å²) < 4.78 is 27.3. The van der Waals surface area contributed by atoms with Crippen molar-refractivity contribution in [3.05, 3.63) is 57.2 Å². The molecule has 0 amide bonds. The van der Waals surface area contributed by atoms with Crippen molar-refractivity contribution >= 4 is 33.0 Å². The van der Waals surface area contributed by atoms with E-state index in [1.165, 1.54) is 0 Å². The van der Waals surface area contributed by atoms with E-state index < -0.39 is 10.0 Å². The van der Waals surface area contributed by atoms with Crippen LogP contribution in [0.4, 0.5) is 0 Å². The largest absolute Gasteiger partial charge is 0.313 e. The third kappa shape index (κ3) is 3.95. The normalized spacial score (nSPS) is 19.8. The van der Waals surface area contributed by atoms with Crippen LogP contribution in [0.1, 0.15) is 16.5 Å². The molecule has 1 aliphatic rings. The van der Waals surface area contributed by atoms with Gasteiger partial charge in [0.25, 0.3) is 0 Å². The van der Waals surface area contributed by atoms with Crippen molar-refractivity contribution in [2.75, 3.05) is 25.4 Å². The number of nitrogens with zero attached hydrogens (tertiary/aromatic N) is 1. The second kappa shape index (κ2) is 7.32. The van der Waals surface area contributed by atoms with E-state index in [4.69, 9.17) is 11.6 Å². The van der Waals surface area contributed by atoms with Gasteiger partial charge in [-0.3, -0.25) is 0 Å². The average Bonchev–Trinajstić information content (AvgIpc) is 3.07. The molecule has 1 aromatic carbocycles. The van der Waals surface area contributed by atoms with Crippen LogP contribution in [-0.4, -0.2) is 38.1 Å². The SMILES string of the molecule is O=S(=O)(CCc1cccs1)N1CCNCC1c1ccccc1Cl. The summed E-state index contributed by atoms with van der Waals surface area (Å²) in [5.74, 6) is 0.133. The molecule has 3 rings (SSSR count). The minimum atomic E-state index is -3.33. The molecule has 1 fully saturated rings. The molecule has 23 heavy (non-hydrogen) atoms. The van der Waals surface area contributed by atoms with Gasteiger partial charge in [-0.1, -0.05) is 35.9 Å². The Morgan fingerprint density at radius 1 is 1.26 bits per heavy atom. The van der Waals surface area contributed by atoms with Gasteiger partial charge < -0.3 is 5.32 Å². The summed E-state index contributed by atoms with van der Waals surface area (Å²) >= 11 is 7.88. The second-order valence-corrected chi connectivity index (χ2v) is 8.98. The van der Waals surface area contributed by atoms with E-state index in [0.717, 1.165) is 10.4 Å². The van der Waals surface area contributed by atoms with E-state index in [1.54, 1.807) is 15.6 Å². The molecule has 4 nitrogen and oxygen atoms in total. The van der Waals surface area contributed by atoms with Gasteiger partial charge in [0.05, 0.1) is 11.8 Å². The van der Waals surface area contributed by atoms with Crippen LogP contribution < -0.4 is 5.32 Å². The van der Waals surface area contributed by atoms with E-state index in [9.17, 15) is 8.42 Å². The zero-order valence-electron chi connectivity index (χ0n) is 12.6. The Kier molecular flexibility index (Phi) is 5.38. The first-order chi connectivity index (χ1) is 11.1. The number of sulfonamides is 1. The number of halogens is 1. The Morgan fingerprint density at radius 3 is 2.83 bits per heavy atom. The molecule has 2 aromatic rings. The first-order valence-electron chi connectivity index (χ1n) is 7.55. The minimum absolute atomic E-state index is 0.133. The average molecular weight is 371 g/mol. The van der Waals surface area contributed by atoms with E-state index >= 15 is 0 Å². The highest BCUT2D eigenvalue weighted by Gasteiger charge is 2.33. The zero-order chi connectivity index (χ0) is 16.3. The molecule has 0 spiro atoms. The quantitative estimate of drug-likeness (QED) is 0.880. The Balaban J connectivity index is 1.81. The summed E-state index contributed by atoms with van der Waals surface area (Å²) in [7, 11) is -3.33. The second-order valence-electron chi connectivity index (χ2n) is 5.50. The first kappa shape index (κ1) is 16.9. The maximum Gasteiger partial charge on any atom is 0.215 e. The van der Waals surface area contributed by atoms with Crippen LogP contribution in [0, 0.1) is 0 Å². The van der Waals surface area contributed by atoms with Gasteiger partial charge >= 0.3 is 0 Å². The lowest BCUT2D eigenvalue weighted by atomic mass is 10.1. The van der Waals surface area contributed by atoms with Gasteiger partial charge in [-0.25, -0.2) is 8.42 Å². The fourth-order valence-corrected chi connectivity index (χ4v) is 5.59. The van der Waals surface area contributed by atoms with E-state index in [-0.39, 0.29) is 11.8 Å². The highest BCUT2D eigenvalue weighted by molar-refractivity contribution is 7.89. The number of piperazine rings is 1. The fourth-order valence-electron chi connectivity index (χ4n) is 2.83. The predicted octanol–water partition coefficient (Wildman–Crippen LogP) is 2.92. The first-order valence-corrected chi connectivity index (χ1v) is 10.4. The highest BCUT2D eigenvalue weighted by Crippen LogP contribution is 2.30. The lowest BCUT2D eigenvalue weighted by Gasteiger charge is -2.35. The van der Waals surface area contributed by atoms with Crippen LogP contribution >= 0.6 is 22.9 Å². The Labute approximate surface area is 146 Å². The van der Waals surface area contributed by atoms with Crippen molar-refractivity contribution in [3.63, 3.8) is 0 Å². The molecule has 0 aliphatic carbocycles. The lowest BCUT2D eigenvalue weighted by Crippen LogP contribution is -2.49. The Hall–Kier alpha value is -0.920. The molecule has 7 heteroatoms. The minimum Gasteiger partial charge on any atom is -0.313 e. The lowest BCUT2D eigenvalue weighted by molar-refractivity contribution is 0.271. The van der Waals surface area contributed by atoms with Crippen LogP contribution in [0.15, 0.2) is 41.8 Å². The van der Waals surface area contributed by atoms with Gasteiger partial charge in [0.1, 0.15) is 0 Å². The van der Waals surface area contributed by atoms with Crippen LogP contribution in [-0.2, 0) is 16.4 Å². The van der Waals surface area contributed by atoms with Crippen LogP contribution in [0.25, 0.3) is 0 Å². The predicted molar refractivity (Wildman–Crippen MR) is 95.6 cm³/mol. The Morgan fingerprint density at radius 2 is 2.09 bits per heavy atom. The fraction of sp³-hybridized carbons (Fsp3) is 0.375. The van der Waals surface area contributed by atoms with Crippen molar-refractivity contribution in [1.82, 2.24) is 9.62 Å². The van der Waals surface area contributed by atoms with Gasteiger partial charge in [0, 0.05) is 29.5 Å². The van der Waals surface area contributed by atoms with Crippen LogP contribution in [0.2, 0.25) is 5.02 Å². The van der Waals surface area contributed by atoms with Gasteiger partial charge in [0.2, 0.25) is 10.0 Å². The van der Waals surface area contributed by atoms with Crippen molar-refractivity contribution in [2.24, 2.45) is 0 Å². The summed E-state index contributed by atoms with van der Waals surface area (Å²) in [6.45, 7) is 1.73. The monoisotopic (exact) mass is 370 g/mol. The molecule has 1 saturated heterocycles. The third-order valence-electron chi connectivity index (χ3n) is 4.00.